The third-order valence-electron chi connectivity index (χ3n) is 4.59. The number of carbonyl (C=O) groups excluding carboxylic acids is 1. The van der Waals surface area contributed by atoms with E-state index < -0.39 is 0 Å². The van der Waals surface area contributed by atoms with Crippen LogP contribution in [0, 0.1) is 5.92 Å². The summed E-state index contributed by atoms with van der Waals surface area (Å²) in [6.45, 7) is 4.21. The van der Waals surface area contributed by atoms with Gasteiger partial charge in [-0.15, -0.1) is 0 Å². The van der Waals surface area contributed by atoms with Gasteiger partial charge in [0.05, 0.1) is 6.54 Å². The Hall–Kier alpha value is -2.99. The van der Waals surface area contributed by atoms with E-state index in [2.05, 4.69) is 32.8 Å². The van der Waals surface area contributed by atoms with Gasteiger partial charge in [0.2, 0.25) is 5.91 Å². The first-order valence-electron chi connectivity index (χ1n) is 9.10. The van der Waals surface area contributed by atoms with E-state index >= 15 is 0 Å². The Morgan fingerprint density at radius 1 is 1.36 bits per heavy atom. The summed E-state index contributed by atoms with van der Waals surface area (Å²) < 4.78 is 0. The number of hydrogen-bond acceptors (Lipinski definition) is 5. The molecule has 0 aliphatic heterocycles. The molecular formula is C21H24ClN5O. The zero-order valence-electron chi connectivity index (χ0n) is 15.7. The highest BCUT2D eigenvalue weighted by atomic mass is 35.5. The summed E-state index contributed by atoms with van der Waals surface area (Å²) in [5.74, 6) is 0.702. The average Bonchev–Trinajstić information content (AvgIpc) is 3.50. The maximum absolute atomic E-state index is 12.5. The van der Waals surface area contributed by atoms with E-state index in [1.54, 1.807) is 12.4 Å². The van der Waals surface area contributed by atoms with Crippen LogP contribution in [0.4, 0.5) is 11.5 Å². The van der Waals surface area contributed by atoms with E-state index in [4.69, 9.17) is 11.6 Å². The fourth-order valence-corrected chi connectivity index (χ4v) is 3.19. The van der Waals surface area contributed by atoms with Crippen molar-refractivity contribution in [3.05, 3.63) is 77.9 Å². The molecule has 1 saturated carbocycles. The van der Waals surface area contributed by atoms with E-state index in [9.17, 15) is 4.79 Å². The molecule has 0 bridgehead atoms. The number of rotatable bonds is 9. The second-order valence-corrected chi connectivity index (χ2v) is 7.00. The molecule has 1 aromatic carbocycles. The van der Waals surface area contributed by atoms with Crippen LogP contribution in [-0.4, -0.2) is 24.5 Å². The molecule has 2 atom stereocenters. The molecule has 28 heavy (non-hydrogen) atoms. The maximum atomic E-state index is 12.5. The molecule has 4 N–H and O–H groups in total. The molecule has 1 aliphatic rings. The van der Waals surface area contributed by atoms with E-state index in [1.807, 2.05) is 49.6 Å². The second-order valence-electron chi connectivity index (χ2n) is 6.57. The lowest BCUT2D eigenvalue weighted by molar-refractivity contribution is -0.117. The van der Waals surface area contributed by atoms with Crippen LogP contribution in [0.1, 0.15) is 17.9 Å². The number of benzene rings is 1. The molecule has 1 fully saturated rings. The highest BCUT2D eigenvalue weighted by molar-refractivity contribution is 6.30. The van der Waals surface area contributed by atoms with Gasteiger partial charge in [0, 0.05) is 47.8 Å². The minimum absolute atomic E-state index is 0.0133. The van der Waals surface area contributed by atoms with Gasteiger partial charge in [0.15, 0.2) is 0 Å². The van der Waals surface area contributed by atoms with Gasteiger partial charge in [0.1, 0.15) is 5.82 Å². The monoisotopic (exact) mass is 397 g/mol. The number of anilines is 2. The Bertz CT molecular complexity index is 883. The minimum atomic E-state index is -0.0410. The SMILES string of the molecule is C=CN/C=C(/CNc1ccnc(NC(=O)[C@H]2C[C@@H]2c2cccc(Cl)c2)c1)NC. The van der Waals surface area contributed by atoms with Gasteiger partial charge >= 0.3 is 0 Å². The molecule has 1 aliphatic carbocycles. The Kier molecular flexibility index (Phi) is 6.55. The number of likely N-dealkylation sites (N-methyl/N-ethyl adjacent to an activating group) is 1. The quantitative estimate of drug-likeness (QED) is 0.519. The second kappa shape index (κ2) is 9.28. The smallest absolute Gasteiger partial charge is 0.229 e. The van der Waals surface area contributed by atoms with Crippen molar-refractivity contribution in [3.63, 3.8) is 0 Å². The van der Waals surface area contributed by atoms with Gasteiger partial charge in [-0.2, -0.15) is 0 Å². The van der Waals surface area contributed by atoms with Crippen molar-refractivity contribution in [1.82, 2.24) is 15.6 Å². The molecule has 7 heteroatoms. The number of halogens is 1. The van der Waals surface area contributed by atoms with Crippen LogP contribution in [0.5, 0.6) is 0 Å². The largest absolute Gasteiger partial charge is 0.389 e. The molecule has 0 saturated heterocycles. The predicted molar refractivity (Wildman–Crippen MR) is 114 cm³/mol. The lowest BCUT2D eigenvalue weighted by Gasteiger charge is -2.11. The molecular weight excluding hydrogens is 374 g/mol. The van der Waals surface area contributed by atoms with Crippen LogP contribution < -0.4 is 21.3 Å². The van der Waals surface area contributed by atoms with Crippen molar-refractivity contribution in [2.75, 3.05) is 24.2 Å². The molecule has 1 heterocycles. The highest BCUT2D eigenvalue weighted by Gasteiger charge is 2.44. The molecule has 0 spiro atoms. The first-order valence-corrected chi connectivity index (χ1v) is 9.48. The van der Waals surface area contributed by atoms with Crippen LogP contribution in [0.25, 0.3) is 0 Å². The molecule has 0 radical (unpaired) electrons. The summed E-state index contributed by atoms with van der Waals surface area (Å²) in [4.78, 5) is 16.8. The minimum Gasteiger partial charge on any atom is -0.389 e. The first kappa shape index (κ1) is 19.8. The summed E-state index contributed by atoms with van der Waals surface area (Å²) in [6.07, 6.45) is 5.93. The van der Waals surface area contributed by atoms with E-state index in [0.717, 1.165) is 23.4 Å². The summed E-state index contributed by atoms with van der Waals surface area (Å²) >= 11 is 6.05. The van der Waals surface area contributed by atoms with E-state index in [0.29, 0.717) is 17.4 Å². The van der Waals surface area contributed by atoms with Gasteiger partial charge in [-0.05, 0) is 42.3 Å². The van der Waals surface area contributed by atoms with Gasteiger partial charge in [-0.3, -0.25) is 4.79 Å². The van der Waals surface area contributed by atoms with E-state index in [1.165, 1.54) is 0 Å². The normalized spacial score (nSPS) is 18.1. The number of nitrogens with zero attached hydrogens (tertiary/aromatic N) is 1. The fourth-order valence-electron chi connectivity index (χ4n) is 2.99. The van der Waals surface area contributed by atoms with Crippen LogP contribution >= 0.6 is 11.6 Å². The third kappa shape index (κ3) is 5.27. The lowest BCUT2D eigenvalue weighted by Crippen LogP contribution is -2.18. The average molecular weight is 398 g/mol. The molecule has 146 valence electrons. The molecule has 6 nitrogen and oxygen atoms in total. The standard InChI is InChI=1S/C21H24ClN5O/c1-3-24-12-17(23-2)13-26-16-7-8-25-20(10-16)27-21(28)19-11-18(19)14-5-4-6-15(22)9-14/h3-10,12,18-19,23-24H,1,11,13H2,2H3,(H2,25,26,27,28)/b17-12-/t18-,19+/m1/s1. The van der Waals surface area contributed by atoms with Gasteiger partial charge in [-0.1, -0.05) is 30.3 Å². The van der Waals surface area contributed by atoms with Crippen molar-refractivity contribution in [1.29, 1.82) is 0 Å². The number of hydrogen-bond donors (Lipinski definition) is 4. The Morgan fingerprint density at radius 2 is 2.21 bits per heavy atom. The topological polar surface area (TPSA) is 78.1 Å². The molecule has 1 aromatic heterocycles. The molecule has 0 unspecified atom stereocenters. The molecule has 2 aromatic rings. The number of aromatic nitrogens is 1. The fraction of sp³-hybridized carbons (Fsp3) is 0.238. The lowest BCUT2D eigenvalue weighted by atomic mass is 10.1. The summed E-state index contributed by atoms with van der Waals surface area (Å²) in [6, 6.07) is 11.4. The molecule has 3 rings (SSSR count). The van der Waals surface area contributed by atoms with E-state index in [-0.39, 0.29) is 17.7 Å². The first-order chi connectivity index (χ1) is 13.6. The Morgan fingerprint density at radius 3 is 2.96 bits per heavy atom. The van der Waals surface area contributed by atoms with Crippen LogP contribution in [0.15, 0.2) is 67.3 Å². The summed E-state index contributed by atoms with van der Waals surface area (Å²) in [7, 11) is 1.85. The zero-order chi connectivity index (χ0) is 19.9. The summed E-state index contributed by atoms with van der Waals surface area (Å²) in [5.41, 5.74) is 2.94. The number of carbonyl (C=O) groups is 1. The van der Waals surface area contributed by atoms with Crippen molar-refractivity contribution in [2.45, 2.75) is 12.3 Å². The van der Waals surface area contributed by atoms with Crippen LogP contribution in [0.3, 0.4) is 0 Å². The van der Waals surface area contributed by atoms with Crippen molar-refractivity contribution in [3.8, 4) is 0 Å². The number of nitrogens with one attached hydrogen (secondary N) is 4. The van der Waals surface area contributed by atoms with Gasteiger partial charge < -0.3 is 21.3 Å². The van der Waals surface area contributed by atoms with Gasteiger partial charge in [0.25, 0.3) is 0 Å². The summed E-state index contributed by atoms with van der Waals surface area (Å²) in [5, 5.41) is 12.9. The zero-order valence-corrected chi connectivity index (χ0v) is 16.5. The van der Waals surface area contributed by atoms with Crippen LogP contribution in [0.2, 0.25) is 5.02 Å². The van der Waals surface area contributed by atoms with Crippen molar-refractivity contribution in [2.24, 2.45) is 5.92 Å². The Balaban J connectivity index is 1.56. The van der Waals surface area contributed by atoms with Gasteiger partial charge in [-0.25, -0.2) is 4.98 Å². The maximum Gasteiger partial charge on any atom is 0.229 e. The number of amides is 1. The Labute approximate surface area is 170 Å². The molecule has 1 amide bonds. The van der Waals surface area contributed by atoms with Crippen molar-refractivity contribution >= 4 is 29.0 Å². The highest BCUT2D eigenvalue weighted by Crippen LogP contribution is 2.48. The van der Waals surface area contributed by atoms with Crippen molar-refractivity contribution < 1.29 is 4.79 Å². The predicted octanol–water partition coefficient (Wildman–Crippen LogP) is 3.68. The third-order valence-corrected chi connectivity index (χ3v) is 4.83. The van der Waals surface area contributed by atoms with Crippen LogP contribution in [-0.2, 0) is 4.79 Å². The number of pyridine rings is 1.